The third-order valence-corrected chi connectivity index (χ3v) is 6.83. The molecule has 1 saturated heterocycles. The number of imidazole rings is 1. The minimum Gasteiger partial charge on any atom is -0.481 e. The van der Waals surface area contributed by atoms with E-state index in [1.165, 1.54) is 13.8 Å². The van der Waals surface area contributed by atoms with Crippen LogP contribution < -0.4 is 10.4 Å². The van der Waals surface area contributed by atoms with Crippen molar-refractivity contribution in [3.05, 3.63) is 53.2 Å². The lowest BCUT2D eigenvalue weighted by Gasteiger charge is -2.35. The predicted octanol–water partition coefficient (Wildman–Crippen LogP) is 2.89. The number of carbonyl (C=O) groups excluding carboxylic acids is 1. The molecule has 4 heterocycles. The molecule has 35 heavy (non-hydrogen) atoms. The van der Waals surface area contributed by atoms with Crippen LogP contribution in [0.2, 0.25) is 0 Å². The number of aromatic nitrogens is 4. The Bertz CT molecular complexity index is 1470. The van der Waals surface area contributed by atoms with Gasteiger partial charge in [-0.25, -0.2) is 9.78 Å². The third kappa shape index (κ3) is 3.95. The van der Waals surface area contributed by atoms with Crippen molar-refractivity contribution in [1.29, 1.82) is 0 Å². The highest BCUT2D eigenvalue weighted by Gasteiger charge is 2.33. The van der Waals surface area contributed by atoms with Crippen LogP contribution in [0, 0.1) is 0 Å². The van der Waals surface area contributed by atoms with Gasteiger partial charge in [0.1, 0.15) is 5.60 Å². The highest BCUT2D eigenvalue weighted by atomic mass is 16.5. The van der Waals surface area contributed by atoms with E-state index < -0.39 is 5.60 Å². The summed E-state index contributed by atoms with van der Waals surface area (Å²) < 4.78 is 8.67. The van der Waals surface area contributed by atoms with Crippen LogP contribution in [-0.4, -0.2) is 60.8 Å². The number of nitrogens with zero attached hydrogens (tertiary/aromatic N) is 5. The van der Waals surface area contributed by atoms with E-state index in [4.69, 9.17) is 4.74 Å². The van der Waals surface area contributed by atoms with Gasteiger partial charge in [-0.1, -0.05) is 6.07 Å². The van der Waals surface area contributed by atoms with E-state index in [1.807, 2.05) is 28.8 Å². The van der Waals surface area contributed by atoms with Crippen LogP contribution in [-0.2, 0) is 11.8 Å². The van der Waals surface area contributed by atoms with Crippen molar-refractivity contribution >= 4 is 27.8 Å². The summed E-state index contributed by atoms with van der Waals surface area (Å²) in [6, 6.07) is 9.72. The van der Waals surface area contributed by atoms with Crippen molar-refractivity contribution in [3.8, 4) is 17.0 Å². The van der Waals surface area contributed by atoms with Crippen LogP contribution in [0.5, 0.6) is 5.88 Å². The van der Waals surface area contributed by atoms with E-state index in [9.17, 15) is 14.7 Å². The molecule has 0 saturated carbocycles. The van der Waals surface area contributed by atoms with Crippen LogP contribution in [0.25, 0.3) is 33.1 Å². The largest absolute Gasteiger partial charge is 0.481 e. The lowest BCUT2D eigenvalue weighted by atomic mass is 10.0. The number of aliphatic hydroxyl groups is 1. The lowest BCUT2D eigenvalue weighted by Crippen LogP contribution is -2.49. The monoisotopic (exact) mass is 475 g/mol. The Balaban J connectivity index is 1.59. The lowest BCUT2D eigenvalue weighted by molar-refractivity contribution is -0.149. The number of likely N-dealkylation sites (tertiary alicyclic amines) is 1. The molecule has 1 N–H and O–H groups in total. The molecule has 0 atom stereocenters. The summed E-state index contributed by atoms with van der Waals surface area (Å²) >= 11 is 0. The number of benzene rings is 1. The molecular weight excluding hydrogens is 446 g/mol. The number of aryl methyl sites for hydroxylation is 1. The Hall–Kier alpha value is -3.72. The van der Waals surface area contributed by atoms with Crippen molar-refractivity contribution in [2.75, 3.05) is 20.2 Å². The van der Waals surface area contributed by atoms with E-state index in [2.05, 4.69) is 16.0 Å². The third-order valence-electron chi connectivity index (χ3n) is 6.83. The van der Waals surface area contributed by atoms with Gasteiger partial charge in [-0.3, -0.25) is 18.9 Å². The van der Waals surface area contributed by atoms with E-state index >= 15 is 0 Å². The fraction of sp³-hybridized carbons (Fsp3) is 0.385. The van der Waals surface area contributed by atoms with Crippen LogP contribution in [0.1, 0.15) is 32.7 Å². The first-order valence-corrected chi connectivity index (χ1v) is 11.7. The number of piperidine rings is 1. The zero-order valence-electron chi connectivity index (χ0n) is 20.4. The molecule has 0 unspecified atom stereocenters. The molecular formula is C26H29N5O4. The Morgan fingerprint density at radius 2 is 1.80 bits per heavy atom. The molecule has 182 valence electrons. The molecule has 1 aliphatic rings. The first-order valence-electron chi connectivity index (χ1n) is 11.7. The smallest absolute Gasteiger partial charge is 0.329 e. The first kappa shape index (κ1) is 23.0. The summed E-state index contributed by atoms with van der Waals surface area (Å²) in [5.74, 6) is 0.263. The zero-order chi connectivity index (χ0) is 24.9. The van der Waals surface area contributed by atoms with Crippen molar-refractivity contribution < 1.29 is 14.6 Å². The maximum absolute atomic E-state index is 13.4. The van der Waals surface area contributed by atoms with Crippen LogP contribution in [0.3, 0.4) is 0 Å². The SMILES string of the molecule is COc1ccc(-c2ccc3ncc4c(c3c2)n(C2CCN(C(=O)C(C)(C)O)CC2)c(=O)n4C)cn1. The molecule has 9 nitrogen and oxygen atoms in total. The number of fused-ring (bicyclic) bond motifs is 3. The summed E-state index contributed by atoms with van der Waals surface area (Å²) in [7, 11) is 3.35. The van der Waals surface area contributed by atoms with Crippen molar-refractivity contribution in [2.45, 2.75) is 38.3 Å². The van der Waals surface area contributed by atoms with Crippen LogP contribution in [0.4, 0.5) is 0 Å². The van der Waals surface area contributed by atoms with Crippen LogP contribution >= 0.6 is 0 Å². The highest BCUT2D eigenvalue weighted by Crippen LogP contribution is 2.32. The molecule has 1 amide bonds. The fourth-order valence-electron chi connectivity index (χ4n) is 4.93. The van der Waals surface area contributed by atoms with Crippen molar-refractivity contribution in [2.24, 2.45) is 7.05 Å². The Labute approximate surface area is 202 Å². The number of hydrogen-bond acceptors (Lipinski definition) is 6. The number of ether oxygens (including phenoxy) is 1. The van der Waals surface area contributed by atoms with E-state index in [0.717, 1.165) is 33.1 Å². The minimum atomic E-state index is -1.41. The first-order chi connectivity index (χ1) is 16.7. The number of carbonyl (C=O) groups is 1. The van der Waals surface area contributed by atoms with Gasteiger partial charge in [0, 0.05) is 49.4 Å². The number of hydrogen-bond donors (Lipinski definition) is 1. The number of methoxy groups -OCH3 is 1. The van der Waals surface area contributed by atoms with E-state index in [1.54, 1.807) is 36.0 Å². The second-order valence-electron chi connectivity index (χ2n) is 9.61. The molecule has 1 aliphatic heterocycles. The Morgan fingerprint density at radius 3 is 2.43 bits per heavy atom. The van der Waals surface area contributed by atoms with Gasteiger partial charge in [0.15, 0.2) is 0 Å². The molecule has 1 aromatic carbocycles. The van der Waals surface area contributed by atoms with Gasteiger partial charge in [0.2, 0.25) is 5.88 Å². The van der Waals surface area contributed by atoms with Crippen molar-refractivity contribution in [1.82, 2.24) is 24.0 Å². The van der Waals surface area contributed by atoms with Crippen LogP contribution in [0.15, 0.2) is 47.5 Å². The topological polar surface area (TPSA) is 102 Å². The standard InChI is InChI=1S/C26H29N5O4/c1-26(2,34)24(32)30-11-9-18(10-12-30)31-23-19-13-16(17-6-8-22(35-4)28-14-17)5-7-20(19)27-15-21(23)29(3)25(31)33/h5-8,13-15,18,34H,9-12H2,1-4H3. The molecule has 0 spiro atoms. The maximum Gasteiger partial charge on any atom is 0.329 e. The minimum absolute atomic E-state index is 0.0611. The molecule has 4 aromatic rings. The number of rotatable bonds is 4. The quantitative estimate of drug-likeness (QED) is 0.487. The van der Waals surface area contributed by atoms with Gasteiger partial charge in [0.05, 0.1) is 29.9 Å². The average molecular weight is 476 g/mol. The van der Waals surface area contributed by atoms with Gasteiger partial charge in [-0.2, -0.15) is 0 Å². The summed E-state index contributed by atoms with van der Waals surface area (Å²) in [6.07, 6.45) is 4.78. The van der Waals surface area contributed by atoms with Gasteiger partial charge >= 0.3 is 5.69 Å². The van der Waals surface area contributed by atoms with E-state index in [0.29, 0.717) is 31.8 Å². The average Bonchev–Trinajstić information content (AvgIpc) is 3.13. The van der Waals surface area contributed by atoms with Gasteiger partial charge in [-0.05, 0) is 50.5 Å². The predicted molar refractivity (Wildman–Crippen MR) is 133 cm³/mol. The summed E-state index contributed by atoms with van der Waals surface area (Å²) in [4.78, 5) is 36.5. The van der Waals surface area contributed by atoms with E-state index in [-0.39, 0.29) is 17.6 Å². The summed E-state index contributed by atoms with van der Waals surface area (Å²) in [6.45, 7) is 3.99. The second kappa shape index (κ2) is 8.49. The summed E-state index contributed by atoms with van der Waals surface area (Å²) in [5.41, 5.74) is 2.82. The van der Waals surface area contributed by atoms with Gasteiger partial charge < -0.3 is 14.7 Å². The molecule has 0 radical (unpaired) electrons. The fourth-order valence-corrected chi connectivity index (χ4v) is 4.93. The molecule has 0 aliphatic carbocycles. The molecule has 9 heteroatoms. The summed E-state index contributed by atoms with van der Waals surface area (Å²) in [5, 5.41) is 11.0. The Morgan fingerprint density at radius 1 is 1.09 bits per heavy atom. The van der Waals surface area contributed by atoms with Gasteiger partial charge in [0.25, 0.3) is 5.91 Å². The molecule has 3 aromatic heterocycles. The molecule has 0 bridgehead atoms. The van der Waals surface area contributed by atoms with Crippen molar-refractivity contribution in [3.63, 3.8) is 0 Å². The molecule has 1 fully saturated rings. The Kier molecular flexibility index (Phi) is 5.59. The number of pyridine rings is 2. The highest BCUT2D eigenvalue weighted by molar-refractivity contribution is 6.04. The maximum atomic E-state index is 13.4. The molecule has 5 rings (SSSR count). The zero-order valence-corrected chi connectivity index (χ0v) is 20.4. The second-order valence-corrected chi connectivity index (χ2v) is 9.61. The van der Waals surface area contributed by atoms with Gasteiger partial charge in [-0.15, -0.1) is 0 Å². The normalized spacial score (nSPS) is 15.2. The number of amides is 1.